The predicted octanol–water partition coefficient (Wildman–Crippen LogP) is 8.75. The van der Waals surface area contributed by atoms with E-state index in [1.807, 2.05) is 0 Å². The first kappa shape index (κ1) is 32.6. The van der Waals surface area contributed by atoms with Gasteiger partial charge in [0.05, 0.1) is 32.1 Å². The molecule has 50 heavy (non-hydrogen) atoms. The van der Waals surface area contributed by atoms with E-state index < -0.39 is 11.3 Å². The molecule has 0 aliphatic heterocycles. The number of hydrogen-bond acceptors (Lipinski definition) is 8. The molecule has 0 amide bonds. The SMILES string of the molecule is COc1c(O)c2c(=O)cc(OC)c3c4c(OC)cc(=O)c5c(O)c(CC6CCCCC6)c6c(c(c1C(C(C)=NC1CCCCC1)C(C)=C6)c23)c54. The second-order valence-electron chi connectivity index (χ2n) is 14.8. The first-order chi connectivity index (χ1) is 24.2. The molecule has 5 aromatic carbocycles. The van der Waals surface area contributed by atoms with E-state index in [-0.39, 0.29) is 39.5 Å². The minimum Gasteiger partial charge on any atom is -0.507 e. The van der Waals surface area contributed by atoms with Gasteiger partial charge in [-0.2, -0.15) is 0 Å². The van der Waals surface area contributed by atoms with Crippen LogP contribution in [0.3, 0.4) is 0 Å². The molecule has 5 aromatic rings. The number of nitrogens with zero attached hydrogens (tertiary/aromatic N) is 1. The first-order valence-electron chi connectivity index (χ1n) is 18.2. The third-order valence-electron chi connectivity index (χ3n) is 11.9. The fourth-order valence-electron chi connectivity index (χ4n) is 9.81. The Bertz CT molecular complexity index is 2360. The number of benzene rings is 5. The summed E-state index contributed by atoms with van der Waals surface area (Å²) in [5.41, 5.74) is 3.41. The van der Waals surface area contributed by atoms with Crippen molar-refractivity contribution in [3.8, 4) is 28.7 Å². The van der Waals surface area contributed by atoms with Crippen LogP contribution in [0.1, 0.15) is 101 Å². The Balaban J connectivity index is 1.66. The highest BCUT2D eigenvalue weighted by Crippen LogP contribution is 2.58. The number of fused-ring (bicyclic) bond motifs is 1. The molecule has 3 aliphatic carbocycles. The van der Waals surface area contributed by atoms with Gasteiger partial charge in [-0.15, -0.1) is 0 Å². The summed E-state index contributed by atoms with van der Waals surface area (Å²) >= 11 is 0. The van der Waals surface area contributed by atoms with Crippen LogP contribution in [0.2, 0.25) is 0 Å². The maximum absolute atomic E-state index is 14.1. The number of phenolic OH excluding ortho intramolecular Hbond substituents is 2. The monoisotopic (exact) mass is 675 g/mol. The third-order valence-corrected chi connectivity index (χ3v) is 11.9. The van der Waals surface area contributed by atoms with Crippen molar-refractivity contribution in [1.82, 2.24) is 0 Å². The molecule has 8 rings (SSSR count). The Morgan fingerprint density at radius 3 is 1.86 bits per heavy atom. The van der Waals surface area contributed by atoms with Gasteiger partial charge in [-0.3, -0.25) is 14.6 Å². The number of phenols is 2. The van der Waals surface area contributed by atoms with Gasteiger partial charge in [0, 0.05) is 62.5 Å². The number of rotatable bonds is 7. The normalized spacial score (nSPS) is 19.2. The maximum Gasteiger partial charge on any atom is 0.194 e. The number of aliphatic imine (C=N–C) groups is 1. The molecule has 2 N–H and O–H groups in total. The highest BCUT2D eigenvalue weighted by atomic mass is 16.5. The van der Waals surface area contributed by atoms with E-state index in [0.717, 1.165) is 79.2 Å². The smallest absolute Gasteiger partial charge is 0.194 e. The minimum atomic E-state index is -0.405. The zero-order valence-electron chi connectivity index (χ0n) is 29.6. The molecular formula is C42H45NO7. The van der Waals surface area contributed by atoms with Crippen LogP contribution in [0.25, 0.3) is 49.2 Å². The number of aromatic hydroxyl groups is 2. The summed E-state index contributed by atoms with van der Waals surface area (Å²) in [6.45, 7) is 4.13. The topological polar surface area (TPSA) is 115 Å². The molecule has 0 aromatic heterocycles. The molecule has 8 heteroatoms. The molecule has 0 saturated heterocycles. The van der Waals surface area contributed by atoms with Gasteiger partial charge in [0.1, 0.15) is 17.2 Å². The molecule has 0 spiro atoms. The molecule has 0 heterocycles. The van der Waals surface area contributed by atoms with Crippen LogP contribution in [0.15, 0.2) is 32.3 Å². The maximum atomic E-state index is 14.1. The van der Waals surface area contributed by atoms with Gasteiger partial charge < -0.3 is 24.4 Å². The Hall–Kier alpha value is -4.59. The summed E-state index contributed by atoms with van der Waals surface area (Å²) in [4.78, 5) is 33.5. The Labute approximate surface area is 291 Å². The summed E-state index contributed by atoms with van der Waals surface area (Å²) in [5, 5.41) is 28.4. The summed E-state index contributed by atoms with van der Waals surface area (Å²) < 4.78 is 17.9. The van der Waals surface area contributed by atoms with E-state index in [1.165, 1.54) is 46.3 Å². The van der Waals surface area contributed by atoms with Gasteiger partial charge in [-0.1, -0.05) is 63.0 Å². The van der Waals surface area contributed by atoms with Crippen LogP contribution in [0.5, 0.6) is 28.7 Å². The summed E-state index contributed by atoms with van der Waals surface area (Å²) in [7, 11) is 4.54. The van der Waals surface area contributed by atoms with Crippen molar-refractivity contribution in [3.63, 3.8) is 0 Å². The summed E-state index contributed by atoms with van der Waals surface area (Å²) in [5.74, 6) is 0.543. The highest BCUT2D eigenvalue weighted by molar-refractivity contribution is 6.39. The lowest BCUT2D eigenvalue weighted by atomic mass is 9.78. The average molecular weight is 676 g/mol. The van der Waals surface area contributed by atoms with Gasteiger partial charge in [0.2, 0.25) is 0 Å². The van der Waals surface area contributed by atoms with Crippen molar-refractivity contribution < 1.29 is 24.4 Å². The summed E-state index contributed by atoms with van der Waals surface area (Å²) in [6, 6.07) is 2.99. The second kappa shape index (κ2) is 12.3. The van der Waals surface area contributed by atoms with Crippen molar-refractivity contribution in [3.05, 3.63) is 54.8 Å². The molecule has 260 valence electrons. The van der Waals surface area contributed by atoms with E-state index in [4.69, 9.17) is 19.2 Å². The molecule has 2 fully saturated rings. The number of methoxy groups -OCH3 is 3. The van der Waals surface area contributed by atoms with Gasteiger partial charge in [-0.25, -0.2) is 0 Å². The quantitative estimate of drug-likeness (QED) is 0.101. The van der Waals surface area contributed by atoms with E-state index in [1.54, 1.807) is 0 Å². The lowest BCUT2D eigenvalue weighted by Crippen LogP contribution is -2.18. The van der Waals surface area contributed by atoms with Crippen LogP contribution in [0.4, 0.5) is 0 Å². The van der Waals surface area contributed by atoms with Crippen LogP contribution < -0.4 is 25.1 Å². The highest BCUT2D eigenvalue weighted by Gasteiger charge is 2.37. The summed E-state index contributed by atoms with van der Waals surface area (Å²) in [6.07, 6.45) is 13.9. The zero-order chi connectivity index (χ0) is 35.0. The molecule has 0 bridgehead atoms. The van der Waals surface area contributed by atoms with Crippen LogP contribution in [-0.4, -0.2) is 43.3 Å². The average Bonchev–Trinajstić information content (AvgIpc) is 3.24. The standard InChI is InChI=1S/C42H45NO7/c1-20-16-24-25(17-22-12-8-6-9-13-22)40(46)32-26(44)18-28(48-3)34-35-29(49-4)19-27(45)33-38(35)37(31(24)36(32)34)39(42(50-5)41(33)47)30(20)21(2)43-23-14-10-7-11-15-23/h16,18-19,22-23,30,46-47H,6-15,17H2,1-5H3. The van der Waals surface area contributed by atoms with Gasteiger partial charge in [0.25, 0.3) is 0 Å². The van der Waals surface area contributed by atoms with E-state index in [2.05, 4.69) is 19.9 Å². The molecular weight excluding hydrogens is 630 g/mol. The number of hydrogen-bond donors (Lipinski definition) is 2. The molecule has 1 unspecified atom stereocenters. The second-order valence-corrected chi connectivity index (χ2v) is 14.8. The van der Waals surface area contributed by atoms with Gasteiger partial charge in [-0.05, 0) is 55.4 Å². The minimum absolute atomic E-state index is 0.000259. The zero-order valence-corrected chi connectivity index (χ0v) is 29.6. The molecule has 2 saturated carbocycles. The lowest BCUT2D eigenvalue weighted by Gasteiger charge is -2.27. The number of ether oxygens (including phenoxy) is 3. The van der Waals surface area contributed by atoms with Crippen LogP contribution in [0, 0.1) is 5.92 Å². The Kier molecular flexibility index (Phi) is 8.04. The van der Waals surface area contributed by atoms with E-state index in [0.29, 0.717) is 56.3 Å². The van der Waals surface area contributed by atoms with Crippen molar-refractivity contribution in [2.45, 2.75) is 96.4 Å². The fraction of sp³-hybridized carbons (Fsp3) is 0.452. The third kappa shape index (κ3) is 4.66. The fourth-order valence-corrected chi connectivity index (χ4v) is 9.81. The van der Waals surface area contributed by atoms with Crippen molar-refractivity contribution in [1.29, 1.82) is 0 Å². The molecule has 1 atom stereocenters. The van der Waals surface area contributed by atoms with E-state index >= 15 is 0 Å². The van der Waals surface area contributed by atoms with Crippen molar-refractivity contribution in [2.24, 2.45) is 10.9 Å². The van der Waals surface area contributed by atoms with Crippen molar-refractivity contribution >= 4 is 54.9 Å². The Morgan fingerprint density at radius 1 is 0.720 bits per heavy atom. The molecule has 3 aliphatic rings. The van der Waals surface area contributed by atoms with Gasteiger partial charge in [0.15, 0.2) is 22.4 Å². The lowest BCUT2D eigenvalue weighted by molar-refractivity contribution is 0.352. The van der Waals surface area contributed by atoms with Crippen LogP contribution >= 0.6 is 0 Å². The van der Waals surface area contributed by atoms with E-state index in [9.17, 15) is 19.8 Å². The molecule has 8 nitrogen and oxygen atoms in total. The Morgan fingerprint density at radius 2 is 1.28 bits per heavy atom. The van der Waals surface area contributed by atoms with Crippen LogP contribution in [-0.2, 0) is 6.42 Å². The molecule has 0 radical (unpaired) electrons. The van der Waals surface area contributed by atoms with Crippen molar-refractivity contribution in [2.75, 3.05) is 21.3 Å². The predicted molar refractivity (Wildman–Crippen MR) is 201 cm³/mol. The van der Waals surface area contributed by atoms with Gasteiger partial charge >= 0.3 is 0 Å². The number of allylic oxidation sites excluding steroid dienone is 1. The first-order valence-corrected chi connectivity index (χ1v) is 18.2. The largest absolute Gasteiger partial charge is 0.507 e.